The molecule has 0 fully saturated rings. The van der Waals surface area contributed by atoms with E-state index in [4.69, 9.17) is 10.7 Å². The molecule has 0 bridgehead atoms. The maximum Gasteiger partial charge on any atom is 0.0708 e. The summed E-state index contributed by atoms with van der Waals surface area (Å²) in [6.07, 6.45) is 4.36. The van der Waals surface area contributed by atoms with Crippen LogP contribution in [0.1, 0.15) is 35.7 Å². The number of hydrogen-bond donors (Lipinski definition) is 1. The van der Waals surface area contributed by atoms with Crippen LogP contribution in [0.3, 0.4) is 0 Å². The van der Waals surface area contributed by atoms with Crippen molar-refractivity contribution in [1.82, 2.24) is 9.88 Å². The van der Waals surface area contributed by atoms with Crippen molar-refractivity contribution in [2.24, 2.45) is 5.73 Å². The van der Waals surface area contributed by atoms with Gasteiger partial charge in [0, 0.05) is 23.7 Å². The Morgan fingerprint density at radius 2 is 2.10 bits per heavy atom. The minimum absolute atomic E-state index is 0.160. The first-order valence-corrected chi connectivity index (χ1v) is 7.47. The SMILES string of the molecule is CN(C)CCc1c2c(nc3ccccc13)CCCC2N. The lowest BCUT2D eigenvalue weighted by atomic mass is 9.85. The normalized spacial score (nSPS) is 18.5. The highest BCUT2D eigenvalue weighted by molar-refractivity contribution is 5.84. The maximum absolute atomic E-state index is 6.39. The number of aryl methyl sites for hydroxylation is 1. The van der Waals surface area contributed by atoms with E-state index in [2.05, 4.69) is 43.3 Å². The third kappa shape index (κ3) is 2.43. The molecule has 1 aliphatic carbocycles. The molecule has 3 rings (SSSR count). The molecule has 0 saturated heterocycles. The number of benzene rings is 1. The monoisotopic (exact) mass is 269 g/mol. The van der Waals surface area contributed by atoms with E-state index in [0.717, 1.165) is 37.7 Å². The van der Waals surface area contributed by atoms with Crippen molar-refractivity contribution in [2.75, 3.05) is 20.6 Å². The number of rotatable bonds is 3. The summed E-state index contributed by atoms with van der Waals surface area (Å²) in [5, 5.41) is 1.28. The molecule has 0 radical (unpaired) electrons. The standard InChI is InChI=1S/C17H23N3/c1-20(2)11-10-13-12-6-3-4-8-15(12)19-16-9-5-7-14(18)17(13)16/h3-4,6,8,14H,5,7,9-11,18H2,1-2H3. The predicted molar refractivity (Wildman–Crippen MR) is 83.9 cm³/mol. The van der Waals surface area contributed by atoms with Gasteiger partial charge in [-0.3, -0.25) is 4.98 Å². The van der Waals surface area contributed by atoms with Gasteiger partial charge < -0.3 is 10.6 Å². The van der Waals surface area contributed by atoms with Crippen molar-refractivity contribution >= 4 is 10.9 Å². The second-order valence-corrected chi connectivity index (χ2v) is 6.02. The number of aromatic nitrogens is 1. The molecular formula is C17H23N3. The first-order chi connectivity index (χ1) is 9.66. The Bertz CT molecular complexity index is 619. The number of hydrogen-bond acceptors (Lipinski definition) is 3. The van der Waals surface area contributed by atoms with Crippen LogP contribution in [0.15, 0.2) is 24.3 Å². The Morgan fingerprint density at radius 3 is 2.90 bits per heavy atom. The van der Waals surface area contributed by atoms with Crippen molar-refractivity contribution in [1.29, 1.82) is 0 Å². The van der Waals surface area contributed by atoms with E-state index in [9.17, 15) is 0 Å². The minimum atomic E-state index is 0.160. The molecule has 1 aliphatic rings. The summed E-state index contributed by atoms with van der Waals surface area (Å²) >= 11 is 0. The second-order valence-electron chi connectivity index (χ2n) is 6.02. The van der Waals surface area contributed by atoms with Gasteiger partial charge in [0.2, 0.25) is 0 Å². The molecule has 0 amide bonds. The van der Waals surface area contributed by atoms with E-state index < -0.39 is 0 Å². The van der Waals surface area contributed by atoms with Crippen LogP contribution in [0.4, 0.5) is 0 Å². The van der Waals surface area contributed by atoms with Crippen LogP contribution in [0.5, 0.6) is 0 Å². The lowest BCUT2D eigenvalue weighted by molar-refractivity contribution is 0.412. The van der Waals surface area contributed by atoms with Gasteiger partial charge in [0.05, 0.1) is 5.52 Å². The van der Waals surface area contributed by atoms with Gasteiger partial charge in [-0.15, -0.1) is 0 Å². The van der Waals surface area contributed by atoms with Crippen LogP contribution in [-0.4, -0.2) is 30.5 Å². The van der Waals surface area contributed by atoms with Crippen LogP contribution >= 0.6 is 0 Å². The smallest absolute Gasteiger partial charge is 0.0708 e. The number of nitrogens with two attached hydrogens (primary N) is 1. The van der Waals surface area contributed by atoms with Gasteiger partial charge in [-0.1, -0.05) is 18.2 Å². The molecule has 1 heterocycles. The van der Waals surface area contributed by atoms with E-state index >= 15 is 0 Å². The minimum Gasteiger partial charge on any atom is -0.324 e. The summed E-state index contributed by atoms with van der Waals surface area (Å²) in [5.74, 6) is 0. The molecule has 20 heavy (non-hydrogen) atoms. The molecule has 1 atom stereocenters. The Morgan fingerprint density at radius 1 is 1.30 bits per heavy atom. The lowest BCUT2D eigenvalue weighted by Gasteiger charge is -2.26. The van der Waals surface area contributed by atoms with E-state index in [-0.39, 0.29) is 6.04 Å². The molecule has 3 nitrogen and oxygen atoms in total. The van der Waals surface area contributed by atoms with Crippen LogP contribution in [-0.2, 0) is 12.8 Å². The molecule has 106 valence electrons. The average molecular weight is 269 g/mol. The highest BCUT2D eigenvalue weighted by Gasteiger charge is 2.23. The van der Waals surface area contributed by atoms with Crippen molar-refractivity contribution in [3.63, 3.8) is 0 Å². The average Bonchev–Trinajstić information content (AvgIpc) is 2.43. The third-order valence-electron chi connectivity index (χ3n) is 4.23. The Hall–Kier alpha value is -1.45. The van der Waals surface area contributed by atoms with E-state index in [1.54, 1.807) is 0 Å². The van der Waals surface area contributed by atoms with Crippen molar-refractivity contribution < 1.29 is 0 Å². The van der Waals surface area contributed by atoms with Crippen molar-refractivity contribution in [3.05, 3.63) is 41.1 Å². The fourth-order valence-corrected chi connectivity index (χ4v) is 3.22. The number of para-hydroxylation sites is 1. The molecule has 0 spiro atoms. The lowest BCUT2D eigenvalue weighted by Crippen LogP contribution is -2.23. The predicted octanol–water partition coefficient (Wildman–Crippen LogP) is 2.67. The van der Waals surface area contributed by atoms with Gasteiger partial charge >= 0.3 is 0 Å². The van der Waals surface area contributed by atoms with Crippen LogP contribution in [0.25, 0.3) is 10.9 Å². The van der Waals surface area contributed by atoms with E-state index in [1.165, 1.54) is 22.2 Å². The van der Waals surface area contributed by atoms with Gasteiger partial charge in [-0.2, -0.15) is 0 Å². The molecule has 2 N–H and O–H groups in total. The van der Waals surface area contributed by atoms with Crippen molar-refractivity contribution in [3.8, 4) is 0 Å². The van der Waals surface area contributed by atoms with Gasteiger partial charge in [0.1, 0.15) is 0 Å². The first-order valence-electron chi connectivity index (χ1n) is 7.47. The number of fused-ring (bicyclic) bond motifs is 2. The van der Waals surface area contributed by atoms with Crippen LogP contribution in [0, 0.1) is 0 Å². The van der Waals surface area contributed by atoms with Gasteiger partial charge in [0.25, 0.3) is 0 Å². The molecule has 2 aromatic rings. The summed E-state index contributed by atoms with van der Waals surface area (Å²) in [7, 11) is 4.24. The first kappa shape index (κ1) is 13.5. The third-order valence-corrected chi connectivity index (χ3v) is 4.23. The summed E-state index contributed by atoms with van der Waals surface area (Å²) in [5.41, 5.74) is 11.5. The Labute approximate surface area is 120 Å². The Kier molecular flexibility index (Phi) is 3.72. The Balaban J connectivity index is 2.18. The van der Waals surface area contributed by atoms with Gasteiger partial charge in [0.15, 0.2) is 0 Å². The van der Waals surface area contributed by atoms with Crippen LogP contribution < -0.4 is 5.73 Å². The van der Waals surface area contributed by atoms with Crippen molar-refractivity contribution in [2.45, 2.75) is 31.7 Å². The summed E-state index contributed by atoms with van der Waals surface area (Å²) in [6.45, 7) is 1.05. The zero-order chi connectivity index (χ0) is 14.1. The molecule has 0 aliphatic heterocycles. The zero-order valence-corrected chi connectivity index (χ0v) is 12.4. The second kappa shape index (κ2) is 5.51. The number of pyridine rings is 1. The molecule has 3 heteroatoms. The molecule has 1 unspecified atom stereocenters. The fraction of sp³-hybridized carbons (Fsp3) is 0.471. The van der Waals surface area contributed by atoms with Gasteiger partial charge in [-0.25, -0.2) is 0 Å². The van der Waals surface area contributed by atoms with Gasteiger partial charge in [-0.05, 0) is 57.0 Å². The zero-order valence-electron chi connectivity index (χ0n) is 12.4. The molecule has 0 saturated carbocycles. The number of nitrogens with zero attached hydrogens (tertiary/aromatic N) is 2. The molecule has 1 aromatic carbocycles. The maximum atomic E-state index is 6.39. The molecular weight excluding hydrogens is 246 g/mol. The highest BCUT2D eigenvalue weighted by atomic mass is 15.0. The van der Waals surface area contributed by atoms with E-state index in [0.29, 0.717) is 0 Å². The highest BCUT2D eigenvalue weighted by Crippen LogP contribution is 2.34. The van der Waals surface area contributed by atoms with E-state index in [1.807, 2.05) is 0 Å². The summed E-state index contributed by atoms with van der Waals surface area (Å²) < 4.78 is 0. The topological polar surface area (TPSA) is 42.2 Å². The quantitative estimate of drug-likeness (QED) is 0.931. The largest absolute Gasteiger partial charge is 0.324 e. The molecule has 1 aromatic heterocycles. The summed E-state index contributed by atoms with van der Waals surface area (Å²) in [4.78, 5) is 7.09. The van der Waals surface area contributed by atoms with Crippen LogP contribution in [0.2, 0.25) is 0 Å². The fourth-order valence-electron chi connectivity index (χ4n) is 3.22. The number of likely N-dealkylation sites (N-methyl/N-ethyl adjacent to an activating group) is 1. The summed E-state index contributed by atoms with van der Waals surface area (Å²) in [6, 6.07) is 8.64.